The van der Waals surface area contributed by atoms with Crippen LogP contribution >= 0.6 is 11.8 Å². The molecule has 0 unspecified atom stereocenters. The van der Waals surface area contributed by atoms with E-state index in [1.54, 1.807) is 24.2 Å². The van der Waals surface area contributed by atoms with Gasteiger partial charge in [-0.15, -0.1) is 0 Å². The van der Waals surface area contributed by atoms with E-state index < -0.39 is 22.7 Å². The van der Waals surface area contributed by atoms with Crippen LogP contribution in [0, 0.1) is 0 Å². The van der Waals surface area contributed by atoms with Crippen molar-refractivity contribution in [2.75, 3.05) is 10.7 Å². The highest BCUT2D eigenvalue weighted by Crippen LogP contribution is 2.23. The molecule has 0 radical (unpaired) electrons. The molecule has 2 aromatic carbocycles. The van der Waals surface area contributed by atoms with Gasteiger partial charge >= 0.3 is 6.09 Å². The monoisotopic (exact) mass is 512 g/mol. The fourth-order valence-electron chi connectivity index (χ4n) is 3.37. The summed E-state index contributed by atoms with van der Waals surface area (Å²) in [6, 6.07) is 17.5. The molecule has 180 valence electrons. The van der Waals surface area contributed by atoms with E-state index in [1.807, 2.05) is 54.6 Å². The molecular weight excluding hydrogens is 481 g/mol. The van der Waals surface area contributed by atoms with Gasteiger partial charge in [0.2, 0.25) is 8.32 Å². The number of thioether (sulfide) groups is 1. The van der Waals surface area contributed by atoms with Crippen LogP contribution in [-0.2, 0) is 22.0 Å². The van der Waals surface area contributed by atoms with Crippen molar-refractivity contribution < 1.29 is 13.6 Å². The Kier molecular flexibility index (Phi) is 9.03. The van der Waals surface area contributed by atoms with Crippen molar-refractivity contribution in [3.8, 4) is 0 Å². The minimum absolute atomic E-state index is 0.235. The number of aromatic nitrogens is 2. The molecule has 3 aromatic rings. The largest absolute Gasteiger partial charge is 0.452 e. The Balaban J connectivity index is 1.52. The van der Waals surface area contributed by atoms with E-state index in [9.17, 15) is 4.79 Å². The van der Waals surface area contributed by atoms with Crippen molar-refractivity contribution in [2.45, 2.75) is 44.5 Å². The van der Waals surface area contributed by atoms with Crippen molar-refractivity contribution in [3.05, 3.63) is 78.1 Å². The van der Waals surface area contributed by atoms with Gasteiger partial charge in [0.05, 0.1) is 0 Å². The summed E-state index contributed by atoms with van der Waals surface area (Å²) in [5.74, 6) is 0. The molecule has 0 bridgehead atoms. The van der Waals surface area contributed by atoms with E-state index in [0.717, 1.165) is 21.7 Å². The number of nitrogens with two attached hydrogens (primary N) is 1. The number of benzene rings is 2. The number of amides is 1. The second-order valence-electron chi connectivity index (χ2n) is 9.00. The normalized spacial score (nSPS) is 11.8. The summed E-state index contributed by atoms with van der Waals surface area (Å²) in [6.07, 6.45) is 3.07. The molecule has 0 fully saturated rings. The van der Waals surface area contributed by atoms with Crippen LogP contribution in [0.5, 0.6) is 0 Å². The molecule has 10 heteroatoms. The number of carbonyl (C=O) groups is 1. The number of nitrogens with one attached hydrogen (secondary N) is 1. The van der Waals surface area contributed by atoms with Crippen molar-refractivity contribution in [2.24, 2.45) is 5.73 Å². The lowest BCUT2D eigenvalue weighted by atomic mass is 10.2. The van der Waals surface area contributed by atoms with Crippen LogP contribution in [0.4, 0.5) is 10.5 Å². The highest BCUT2D eigenvalue weighted by Gasteiger charge is 2.34. The van der Waals surface area contributed by atoms with Gasteiger partial charge in [0.25, 0.3) is 0 Å². The highest BCUT2D eigenvalue weighted by atomic mass is 32.2. The molecule has 3 rings (SSSR count). The van der Waals surface area contributed by atoms with Crippen LogP contribution < -0.4 is 16.2 Å². The Hall–Kier alpha value is -2.51. The van der Waals surface area contributed by atoms with Crippen molar-refractivity contribution in [1.82, 2.24) is 9.97 Å². The summed E-state index contributed by atoms with van der Waals surface area (Å²) in [7, 11) is -4.12. The van der Waals surface area contributed by atoms with Crippen LogP contribution in [0.2, 0.25) is 26.2 Å². The lowest BCUT2D eigenvalue weighted by Gasteiger charge is -2.34. The summed E-state index contributed by atoms with van der Waals surface area (Å²) in [4.78, 5) is 20.9. The van der Waals surface area contributed by atoms with Gasteiger partial charge in [-0.1, -0.05) is 54.2 Å². The fourth-order valence-corrected chi connectivity index (χ4v) is 13.3. The lowest BCUT2D eigenvalue weighted by molar-refractivity contribution is 0.155. The zero-order chi connectivity index (χ0) is 24.6. The molecule has 0 atom stereocenters. The van der Waals surface area contributed by atoms with Crippen molar-refractivity contribution in [1.29, 1.82) is 0 Å². The summed E-state index contributed by atoms with van der Waals surface area (Å²) in [5.41, 5.74) is 8.18. The Morgan fingerprint density at radius 2 is 1.62 bits per heavy atom. The zero-order valence-corrected chi connectivity index (χ0v) is 22.9. The van der Waals surface area contributed by atoms with E-state index >= 15 is 0 Å². The molecule has 7 nitrogen and oxygen atoms in total. The lowest BCUT2D eigenvalue weighted by Crippen LogP contribution is -2.53. The third-order valence-corrected chi connectivity index (χ3v) is 14.8. The Morgan fingerprint density at radius 1 is 0.971 bits per heavy atom. The standard InChI is InChI=1S/C24H32N4O3SSi2/c1-33(2,18-32-23-26-15-20(14-25)16-27-23)31-34(3,4)22-12-10-21(11-13-22)28-24(29)30-17-19-8-6-5-7-9-19/h5-13,15-16H,14,17-18,25H2,1-4H3,(H,28,29). The molecule has 0 saturated heterocycles. The van der Waals surface area contributed by atoms with Crippen LogP contribution in [0.1, 0.15) is 11.1 Å². The predicted molar refractivity (Wildman–Crippen MR) is 143 cm³/mol. The molecule has 34 heavy (non-hydrogen) atoms. The van der Waals surface area contributed by atoms with Crippen molar-refractivity contribution in [3.63, 3.8) is 0 Å². The maximum absolute atomic E-state index is 12.1. The Morgan fingerprint density at radius 3 is 2.24 bits per heavy atom. The number of nitrogens with zero attached hydrogens (tertiary/aromatic N) is 2. The molecule has 3 N–H and O–H groups in total. The van der Waals surface area contributed by atoms with Crippen LogP contribution in [0.3, 0.4) is 0 Å². The topological polar surface area (TPSA) is 99.4 Å². The number of carbonyl (C=O) groups excluding carboxylic acids is 1. The van der Waals surface area contributed by atoms with Gasteiger partial charge in [-0.2, -0.15) is 0 Å². The van der Waals surface area contributed by atoms with Gasteiger partial charge in [0.1, 0.15) is 6.61 Å². The maximum Gasteiger partial charge on any atom is 0.411 e. The molecule has 1 amide bonds. The van der Waals surface area contributed by atoms with Crippen molar-refractivity contribution >= 4 is 45.4 Å². The van der Waals surface area contributed by atoms with E-state index in [4.69, 9.17) is 14.6 Å². The molecule has 0 aliphatic carbocycles. The summed E-state index contributed by atoms with van der Waals surface area (Å²) in [6.45, 7) is 9.53. The summed E-state index contributed by atoms with van der Waals surface area (Å²) < 4.78 is 12.0. The Labute approximate surface area is 207 Å². The summed E-state index contributed by atoms with van der Waals surface area (Å²) in [5, 5.41) is 5.56. The molecule has 0 aliphatic heterocycles. The minimum Gasteiger partial charge on any atom is -0.452 e. The number of hydrogen-bond acceptors (Lipinski definition) is 7. The van der Waals surface area contributed by atoms with Gasteiger partial charge < -0.3 is 14.6 Å². The molecule has 1 heterocycles. The average Bonchev–Trinajstić information content (AvgIpc) is 2.82. The van der Waals surface area contributed by atoms with Gasteiger partial charge in [0, 0.05) is 35.6 Å². The smallest absolute Gasteiger partial charge is 0.411 e. The predicted octanol–water partition coefficient (Wildman–Crippen LogP) is 4.65. The minimum atomic E-state index is -2.14. The highest BCUT2D eigenvalue weighted by molar-refractivity contribution is 8.00. The number of rotatable bonds is 10. The van der Waals surface area contributed by atoms with E-state index in [0.29, 0.717) is 12.2 Å². The first-order chi connectivity index (χ1) is 16.2. The van der Waals surface area contributed by atoms with E-state index in [1.165, 1.54) is 5.19 Å². The number of ether oxygens (including phenoxy) is 1. The van der Waals surface area contributed by atoms with Gasteiger partial charge in [0.15, 0.2) is 13.5 Å². The zero-order valence-electron chi connectivity index (χ0n) is 20.1. The van der Waals surface area contributed by atoms with E-state index in [-0.39, 0.29) is 6.61 Å². The van der Waals surface area contributed by atoms with Crippen LogP contribution in [-0.4, -0.2) is 38.1 Å². The molecule has 0 spiro atoms. The average molecular weight is 513 g/mol. The number of hydrogen-bond donors (Lipinski definition) is 2. The van der Waals surface area contributed by atoms with Gasteiger partial charge in [-0.3, -0.25) is 5.32 Å². The molecular formula is C24H32N4O3SSi2. The molecule has 0 aliphatic rings. The van der Waals surface area contributed by atoms with Crippen LogP contribution in [0.15, 0.2) is 72.1 Å². The first kappa shape index (κ1) is 26.1. The SMILES string of the molecule is C[Si](C)(CSc1ncc(CN)cn1)O[Si](C)(C)c1ccc(NC(=O)OCc2ccccc2)cc1. The second-order valence-corrected chi connectivity index (χ2v) is 18.7. The fraction of sp³-hybridized carbons (Fsp3) is 0.292. The first-order valence-electron chi connectivity index (χ1n) is 11.1. The first-order valence-corrected chi connectivity index (χ1v) is 18.1. The second kappa shape index (κ2) is 11.8. The molecule has 1 aromatic heterocycles. The van der Waals surface area contributed by atoms with Gasteiger partial charge in [-0.25, -0.2) is 14.8 Å². The quantitative estimate of drug-likeness (QED) is 0.232. The number of anilines is 1. The van der Waals surface area contributed by atoms with Gasteiger partial charge in [-0.05, 0) is 49.1 Å². The molecule has 0 saturated carbocycles. The van der Waals surface area contributed by atoms with E-state index in [2.05, 4.69) is 41.5 Å². The maximum atomic E-state index is 12.1. The third kappa shape index (κ3) is 8.06. The van der Waals surface area contributed by atoms with Crippen LogP contribution in [0.25, 0.3) is 0 Å². The summed E-state index contributed by atoms with van der Waals surface area (Å²) >= 11 is 1.63. The third-order valence-electron chi connectivity index (χ3n) is 5.04. The Bertz CT molecular complexity index is 1070.